The van der Waals surface area contributed by atoms with Gasteiger partial charge in [0.1, 0.15) is 5.82 Å². The minimum Gasteiger partial charge on any atom is -0.366 e. The van der Waals surface area contributed by atoms with Crippen molar-refractivity contribution in [3.63, 3.8) is 0 Å². The van der Waals surface area contributed by atoms with Crippen molar-refractivity contribution in [2.45, 2.75) is 46.1 Å². The van der Waals surface area contributed by atoms with Crippen LogP contribution in [0.5, 0.6) is 0 Å². The second-order valence-corrected chi connectivity index (χ2v) is 5.83. The van der Waals surface area contributed by atoms with Gasteiger partial charge in [-0.15, -0.1) is 0 Å². The van der Waals surface area contributed by atoms with Crippen LogP contribution in [0.15, 0.2) is 18.2 Å². The molecule has 3 heteroatoms. The highest BCUT2D eigenvalue weighted by atomic mass is 19.1. The molecule has 0 amide bonds. The number of ketones is 1. The van der Waals surface area contributed by atoms with Crippen molar-refractivity contribution in [1.82, 2.24) is 0 Å². The van der Waals surface area contributed by atoms with Crippen LogP contribution in [0.4, 0.5) is 10.1 Å². The van der Waals surface area contributed by atoms with E-state index in [1.807, 2.05) is 0 Å². The van der Waals surface area contributed by atoms with E-state index in [0.717, 1.165) is 25.8 Å². The monoisotopic (exact) mass is 263 g/mol. The number of nitrogens with zero attached hydrogens (tertiary/aromatic N) is 1. The Morgan fingerprint density at radius 3 is 2.58 bits per heavy atom. The van der Waals surface area contributed by atoms with Gasteiger partial charge in [-0.1, -0.05) is 13.8 Å². The molecule has 19 heavy (non-hydrogen) atoms. The molecule has 104 valence electrons. The van der Waals surface area contributed by atoms with Crippen LogP contribution in [-0.2, 0) is 0 Å². The summed E-state index contributed by atoms with van der Waals surface area (Å²) in [5.41, 5.74) is 1.09. The molecule has 0 spiro atoms. The first-order valence-electron chi connectivity index (χ1n) is 7.06. The van der Waals surface area contributed by atoms with Gasteiger partial charge >= 0.3 is 0 Å². The Kier molecular flexibility index (Phi) is 4.23. The lowest BCUT2D eigenvalue weighted by molar-refractivity contribution is 0.101. The van der Waals surface area contributed by atoms with Crippen LogP contribution in [-0.4, -0.2) is 18.4 Å². The number of halogens is 1. The molecule has 0 bridgehead atoms. The zero-order chi connectivity index (χ0) is 14.0. The summed E-state index contributed by atoms with van der Waals surface area (Å²) in [6.07, 6.45) is 3.35. The van der Waals surface area contributed by atoms with Crippen molar-refractivity contribution < 1.29 is 9.18 Å². The number of anilines is 1. The van der Waals surface area contributed by atoms with Gasteiger partial charge in [-0.05, 0) is 50.3 Å². The second-order valence-electron chi connectivity index (χ2n) is 5.83. The van der Waals surface area contributed by atoms with Gasteiger partial charge in [0, 0.05) is 18.2 Å². The Morgan fingerprint density at radius 1 is 1.42 bits per heavy atom. The molecule has 1 aromatic carbocycles. The fourth-order valence-electron chi connectivity index (χ4n) is 2.24. The van der Waals surface area contributed by atoms with Gasteiger partial charge in [0.25, 0.3) is 0 Å². The Bertz CT molecular complexity index is 466. The molecular weight excluding hydrogens is 241 g/mol. The number of benzene rings is 1. The van der Waals surface area contributed by atoms with Gasteiger partial charge in [0.05, 0.1) is 5.69 Å². The van der Waals surface area contributed by atoms with Crippen molar-refractivity contribution in [3.8, 4) is 0 Å². The van der Waals surface area contributed by atoms with E-state index in [4.69, 9.17) is 0 Å². The Balaban J connectivity index is 2.19. The van der Waals surface area contributed by atoms with E-state index >= 15 is 0 Å². The van der Waals surface area contributed by atoms with Crippen LogP contribution in [0.2, 0.25) is 0 Å². The predicted molar refractivity (Wildman–Crippen MR) is 76.2 cm³/mol. The van der Waals surface area contributed by atoms with Crippen molar-refractivity contribution >= 4 is 11.5 Å². The van der Waals surface area contributed by atoms with Crippen LogP contribution in [0.25, 0.3) is 0 Å². The fraction of sp³-hybridized carbons (Fsp3) is 0.562. The highest BCUT2D eigenvalue weighted by molar-refractivity contribution is 5.94. The van der Waals surface area contributed by atoms with Crippen LogP contribution >= 0.6 is 0 Å². The van der Waals surface area contributed by atoms with Gasteiger partial charge in [0.2, 0.25) is 0 Å². The van der Waals surface area contributed by atoms with E-state index in [1.165, 1.54) is 13.0 Å². The molecule has 1 aliphatic rings. The standard InChI is InChI=1S/C16H22FNO/c1-11(2)8-9-18(14-5-6-14)16-7-4-13(12(3)19)10-15(16)17/h4,7,10-11,14H,5-6,8-9H2,1-3H3. The smallest absolute Gasteiger partial charge is 0.159 e. The van der Waals surface area contributed by atoms with E-state index in [-0.39, 0.29) is 11.6 Å². The van der Waals surface area contributed by atoms with E-state index in [2.05, 4.69) is 18.7 Å². The van der Waals surface area contributed by atoms with E-state index in [9.17, 15) is 9.18 Å². The number of rotatable bonds is 6. The SMILES string of the molecule is CC(=O)c1ccc(N(CCC(C)C)C2CC2)c(F)c1. The Labute approximate surface area is 114 Å². The lowest BCUT2D eigenvalue weighted by Gasteiger charge is -2.26. The minimum atomic E-state index is -0.275. The first-order chi connectivity index (χ1) is 8.99. The maximum absolute atomic E-state index is 14.2. The Hall–Kier alpha value is -1.38. The molecule has 0 N–H and O–H groups in total. The molecule has 0 aliphatic heterocycles. The number of carbonyl (C=O) groups is 1. The summed E-state index contributed by atoms with van der Waals surface area (Å²) in [6, 6.07) is 5.33. The molecule has 0 atom stereocenters. The first-order valence-corrected chi connectivity index (χ1v) is 7.06. The third kappa shape index (κ3) is 3.55. The summed E-state index contributed by atoms with van der Waals surface area (Å²) in [5.74, 6) is 0.245. The van der Waals surface area contributed by atoms with Crippen LogP contribution in [0, 0.1) is 11.7 Å². The molecule has 1 fully saturated rings. The molecule has 2 rings (SSSR count). The highest BCUT2D eigenvalue weighted by Gasteiger charge is 2.30. The molecule has 0 unspecified atom stereocenters. The number of hydrogen-bond donors (Lipinski definition) is 0. The average molecular weight is 263 g/mol. The molecule has 2 nitrogen and oxygen atoms in total. The van der Waals surface area contributed by atoms with Gasteiger partial charge in [0.15, 0.2) is 5.78 Å². The summed E-state index contributed by atoms with van der Waals surface area (Å²) in [7, 11) is 0. The molecule has 1 aliphatic carbocycles. The van der Waals surface area contributed by atoms with Crippen molar-refractivity contribution in [1.29, 1.82) is 0 Å². The van der Waals surface area contributed by atoms with Gasteiger partial charge in [-0.3, -0.25) is 4.79 Å². The average Bonchev–Trinajstić information content (AvgIpc) is 3.14. The number of Topliss-reactive ketones (excluding diaryl/α,β-unsaturated/α-hetero) is 1. The van der Waals surface area contributed by atoms with Gasteiger partial charge in [-0.2, -0.15) is 0 Å². The Morgan fingerprint density at radius 2 is 2.11 bits per heavy atom. The second kappa shape index (κ2) is 5.72. The summed E-state index contributed by atoms with van der Waals surface area (Å²) < 4.78 is 14.2. The number of carbonyl (C=O) groups excluding carboxylic acids is 1. The summed E-state index contributed by atoms with van der Waals surface area (Å²) in [5, 5.41) is 0. The highest BCUT2D eigenvalue weighted by Crippen LogP contribution is 2.34. The first kappa shape index (κ1) is 14.0. The third-order valence-corrected chi connectivity index (χ3v) is 3.60. The maximum Gasteiger partial charge on any atom is 0.159 e. The lowest BCUT2D eigenvalue weighted by atomic mass is 10.1. The largest absolute Gasteiger partial charge is 0.366 e. The molecule has 1 saturated carbocycles. The molecule has 0 aromatic heterocycles. The van der Waals surface area contributed by atoms with Crippen LogP contribution in [0.1, 0.15) is 50.4 Å². The van der Waals surface area contributed by atoms with Crippen LogP contribution < -0.4 is 4.90 Å². The van der Waals surface area contributed by atoms with Crippen LogP contribution in [0.3, 0.4) is 0 Å². The maximum atomic E-state index is 14.2. The molecular formula is C16H22FNO. The molecule has 0 saturated heterocycles. The summed E-state index contributed by atoms with van der Waals surface area (Å²) in [4.78, 5) is 13.4. The van der Waals surface area contributed by atoms with Crippen molar-refractivity contribution in [2.75, 3.05) is 11.4 Å². The van der Waals surface area contributed by atoms with E-state index < -0.39 is 0 Å². The summed E-state index contributed by atoms with van der Waals surface area (Å²) in [6.45, 7) is 6.71. The molecule has 0 heterocycles. The zero-order valence-corrected chi connectivity index (χ0v) is 11.9. The molecule has 1 aromatic rings. The summed E-state index contributed by atoms with van der Waals surface area (Å²) >= 11 is 0. The molecule has 0 radical (unpaired) electrons. The topological polar surface area (TPSA) is 20.3 Å². The van der Waals surface area contributed by atoms with Gasteiger partial charge < -0.3 is 4.90 Å². The third-order valence-electron chi connectivity index (χ3n) is 3.60. The quantitative estimate of drug-likeness (QED) is 0.722. The fourth-order valence-corrected chi connectivity index (χ4v) is 2.24. The van der Waals surface area contributed by atoms with Crippen molar-refractivity contribution in [2.24, 2.45) is 5.92 Å². The van der Waals surface area contributed by atoms with Crippen molar-refractivity contribution in [3.05, 3.63) is 29.6 Å². The normalized spacial score (nSPS) is 14.8. The zero-order valence-electron chi connectivity index (χ0n) is 11.9. The lowest BCUT2D eigenvalue weighted by Crippen LogP contribution is -2.28. The minimum absolute atomic E-state index is 0.0920. The van der Waals surface area contributed by atoms with E-state index in [0.29, 0.717) is 23.2 Å². The predicted octanol–water partition coefficient (Wildman–Crippen LogP) is 4.04. The van der Waals surface area contributed by atoms with Gasteiger partial charge in [-0.25, -0.2) is 4.39 Å². The number of hydrogen-bond acceptors (Lipinski definition) is 2. The van der Waals surface area contributed by atoms with E-state index in [1.54, 1.807) is 12.1 Å².